The van der Waals surface area contributed by atoms with Crippen molar-refractivity contribution in [1.82, 2.24) is 19.5 Å². The molecule has 1 atom stereocenters. The predicted molar refractivity (Wildman–Crippen MR) is 112 cm³/mol. The van der Waals surface area contributed by atoms with Gasteiger partial charge in [-0.15, -0.1) is 0 Å². The fourth-order valence-electron chi connectivity index (χ4n) is 3.55. The van der Waals surface area contributed by atoms with Gasteiger partial charge >= 0.3 is 0 Å². The summed E-state index contributed by atoms with van der Waals surface area (Å²) in [6, 6.07) is 4.06. The van der Waals surface area contributed by atoms with Gasteiger partial charge in [-0.3, -0.25) is 0 Å². The molecule has 0 amide bonds. The highest BCUT2D eigenvalue weighted by Crippen LogP contribution is 2.34. The van der Waals surface area contributed by atoms with Crippen molar-refractivity contribution in [1.29, 1.82) is 0 Å². The zero-order chi connectivity index (χ0) is 20.4. The lowest BCUT2D eigenvalue weighted by atomic mass is 9.99. The number of aryl methyl sites for hydroxylation is 2. The molecule has 3 aromatic heterocycles. The van der Waals surface area contributed by atoms with Crippen LogP contribution in [0.25, 0.3) is 22.4 Å². The fraction of sp³-hybridized carbons (Fsp3) is 0.500. The summed E-state index contributed by atoms with van der Waals surface area (Å²) in [5.41, 5.74) is 6.29. The van der Waals surface area contributed by atoms with Gasteiger partial charge < -0.3 is 14.4 Å². The van der Waals surface area contributed by atoms with Gasteiger partial charge in [0.2, 0.25) is 5.88 Å². The molecule has 3 rings (SSSR count). The van der Waals surface area contributed by atoms with E-state index in [0.717, 1.165) is 52.2 Å². The van der Waals surface area contributed by atoms with Crippen LogP contribution in [0.3, 0.4) is 0 Å². The topological polar surface area (TPSA) is 73.1 Å². The number of ether oxygens (including phenoxy) is 1. The summed E-state index contributed by atoms with van der Waals surface area (Å²) in [5, 5.41) is 9.76. The number of aromatic nitrogens is 4. The number of aliphatic hydroxyl groups is 1. The number of hydrogen-bond acceptors (Lipinski definition) is 5. The first-order chi connectivity index (χ1) is 13.4. The largest absolute Gasteiger partial charge is 0.480 e. The highest BCUT2D eigenvalue weighted by atomic mass is 16.5. The first-order valence-electron chi connectivity index (χ1n) is 9.96. The Kier molecular flexibility index (Phi) is 5.98. The number of aliphatic hydroxyl groups excluding tert-OH is 1. The van der Waals surface area contributed by atoms with Gasteiger partial charge in [-0.2, -0.15) is 0 Å². The average molecular weight is 383 g/mol. The van der Waals surface area contributed by atoms with E-state index >= 15 is 0 Å². The molecule has 0 unspecified atom stereocenters. The summed E-state index contributed by atoms with van der Waals surface area (Å²) >= 11 is 0. The van der Waals surface area contributed by atoms with Crippen LogP contribution in [0.2, 0.25) is 0 Å². The lowest BCUT2D eigenvalue weighted by Crippen LogP contribution is -2.05. The van der Waals surface area contributed by atoms with E-state index in [2.05, 4.69) is 32.7 Å². The van der Waals surface area contributed by atoms with Crippen LogP contribution in [0.15, 0.2) is 18.3 Å². The zero-order valence-corrected chi connectivity index (χ0v) is 17.7. The molecule has 150 valence electrons. The highest BCUT2D eigenvalue weighted by Gasteiger charge is 2.22. The Morgan fingerprint density at radius 1 is 1.14 bits per heavy atom. The maximum Gasteiger partial charge on any atom is 0.222 e. The SMILES string of the molecule is CCc1nc2c([C@@H](CC)CO)cn(C)c2nc1-c1ccc(C(C)C)nc1OC. The molecule has 0 bridgehead atoms. The van der Waals surface area contributed by atoms with E-state index in [4.69, 9.17) is 14.7 Å². The van der Waals surface area contributed by atoms with Gasteiger partial charge in [-0.05, 0) is 30.9 Å². The molecular formula is C22H30N4O2. The molecule has 0 aromatic carbocycles. The lowest BCUT2D eigenvalue weighted by Gasteiger charge is -2.14. The van der Waals surface area contributed by atoms with Gasteiger partial charge in [-0.1, -0.05) is 27.7 Å². The number of rotatable bonds is 7. The minimum atomic E-state index is 0.0649. The van der Waals surface area contributed by atoms with E-state index < -0.39 is 0 Å². The quantitative estimate of drug-likeness (QED) is 0.663. The number of hydrogen-bond donors (Lipinski definition) is 1. The molecule has 28 heavy (non-hydrogen) atoms. The molecule has 3 aromatic rings. The minimum absolute atomic E-state index is 0.0649. The second-order valence-corrected chi connectivity index (χ2v) is 7.48. The normalized spacial score (nSPS) is 12.7. The molecule has 0 saturated heterocycles. The number of nitrogens with zero attached hydrogens (tertiary/aromatic N) is 4. The Hall–Kier alpha value is -2.47. The Morgan fingerprint density at radius 3 is 2.46 bits per heavy atom. The molecule has 0 aliphatic heterocycles. The van der Waals surface area contributed by atoms with Crippen molar-refractivity contribution >= 4 is 11.2 Å². The smallest absolute Gasteiger partial charge is 0.222 e. The highest BCUT2D eigenvalue weighted by molar-refractivity contribution is 5.81. The predicted octanol–water partition coefficient (Wildman–Crippen LogP) is 4.21. The van der Waals surface area contributed by atoms with E-state index in [-0.39, 0.29) is 12.5 Å². The summed E-state index contributed by atoms with van der Waals surface area (Å²) < 4.78 is 7.58. The van der Waals surface area contributed by atoms with Crippen molar-refractivity contribution in [2.45, 2.75) is 52.4 Å². The van der Waals surface area contributed by atoms with Crippen molar-refractivity contribution in [2.24, 2.45) is 7.05 Å². The second kappa shape index (κ2) is 8.27. The maximum absolute atomic E-state index is 9.76. The maximum atomic E-state index is 9.76. The van der Waals surface area contributed by atoms with Crippen LogP contribution in [0.4, 0.5) is 0 Å². The lowest BCUT2D eigenvalue weighted by molar-refractivity contribution is 0.263. The number of methoxy groups -OCH3 is 1. The molecule has 0 spiro atoms. The van der Waals surface area contributed by atoms with E-state index in [0.29, 0.717) is 11.8 Å². The van der Waals surface area contributed by atoms with Gasteiger partial charge in [0.1, 0.15) is 5.52 Å². The molecule has 0 aliphatic rings. The van der Waals surface area contributed by atoms with Crippen LogP contribution in [-0.2, 0) is 13.5 Å². The van der Waals surface area contributed by atoms with Gasteiger partial charge in [0, 0.05) is 30.4 Å². The van der Waals surface area contributed by atoms with Crippen LogP contribution >= 0.6 is 0 Å². The number of pyridine rings is 1. The van der Waals surface area contributed by atoms with Gasteiger partial charge in [0.05, 0.1) is 30.7 Å². The van der Waals surface area contributed by atoms with Crippen molar-refractivity contribution in [3.63, 3.8) is 0 Å². The Balaban J connectivity index is 2.24. The van der Waals surface area contributed by atoms with E-state index in [1.54, 1.807) is 7.11 Å². The van der Waals surface area contributed by atoms with Gasteiger partial charge in [-0.25, -0.2) is 15.0 Å². The van der Waals surface area contributed by atoms with Crippen molar-refractivity contribution in [3.8, 4) is 17.1 Å². The third-order valence-electron chi connectivity index (χ3n) is 5.30. The van der Waals surface area contributed by atoms with Gasteiger partial charge in [0.15, 0.2) is 5.65 Å². The summed E-state index contributed by atoms with van der Waals surface area (Å²) in [4.78, 5) is 14.6. The van der Waals surface area contributed by atoms with E-state index in [1.165, 1.54) is 0 Å². The standard InChI is InChI=1S/C22H30N4O2/c1-7-14(12-27)16-11-26(5)21-20(16)23-17(8-2)19(25-21)15-9-10-18(13(3)4)24-22(15)28-6/h9-11,13-14,27H,7-8,12H2,1-6H3/t14-/m0/s1. The van der Waals surface area contributed by atoms with Crippen LogP contribution in [-0.4, -0.2) is 38.3 Å². The monoisotopic (exact) mass is 382 g/mol. The molecule has 0 radical (unpaired) electrons. The zero-order valence-electron chi connectivity index (χ0n) is 17.7. The first-order valence-corrected chi connectivity index (χ1v) is 9.96. The third kappa shape index (κ3) is 3.49. The molecule has 0 saturated carbocycles. The van der Waals surface area contributed by atoms with Crippen LogP contribution in [0, 0.1) is 0 Å². The van der Waals surface area contributed by atoms with Crippen molar-refractivity contribution < 1.29 is 9.84 Å². The second-order valence-electron chi connectivity index (χ2n) is 7.48. The number of fused-ring (bicyclic) bond motifs is 1. The Labute approximate surface area is 166 Å². The summed E-state index contributed by atoms with van der Waals surface area (Å²) in [6.45, 7) is 8.49. The van der Waals surface area contributed by atoms with E-state index in [9.17, 15) is 5.11 Å². The molecule has 6 heteroatoms. The molecule has 0 fully saturated rings. The van der Waals surface area contributed by atoms with E-state index in [1.807, 2.05) is 29.9 Å². The minimum Gasteiger partial charge on any atom is -0.480 e. The molecule has 0 aliphatic carbocycles. The average Bonchev–Trinajstić information content (AvgIpc) is 3.03. The molecule has 1 N–H and O–H groups in total. The van der Waals surface area contributed by atoms with Crippen molar-refractivity contribution in [3.05, 3.63) is 35.3 Å². The fourth-order valence-corrected chi connectivity index (χ4v) is 3.55. The van der Waals surface area contributed by atoms with Gasteiger partial charge in [0.25, 0.3) is 0 Å². The summed E-state index contributed by atoms with van der Waals surface area (Å²) in [7, 11) is 3.61. The first kappa shape index (κ1) is 20.3. The third-order valence-corrected chi connectivity index (χ3v) is 5.30. The summed E-state index contributed by atoms with van der Waals surface area (Å²) in [5.74, 6) is 0.961. The molecular weight excluding hydrogens is 352 g/mol. The van der Waals surface area contributed by atoms with Crippen LogP contribution < -0.4 is 4.74 Å². The summed E-state index contributed by atoms with van der Waals surface area (Å²) in [6.07, 6.45) is 3.64. The Morgan fingerprint density at radius 2 is 1.89 bits per heavy atom. The Bertz CT molecular complexity index is 974. The van der Waals surface area contributed by atoms with Crippen LogP contribution in [0.1, 0.15) is 62.9 Å². The molecule has 3 heterocycles. The molecule has 6 nitrogen and oxygen atoms in total. The van der Waals surface area contributed by atoms with Crippen molar-refractivity contribution in [2.75, 3.05) is 13.7 Å². The van der Waals surface area contributed by atoms with Crippen LogP contribution in [0.5, 0.6) is 5.88 Å².